The van der Waals surface area contributed by atoms with Crippen molar-refractivity contribution >= 4 is 0 Å². The van der Waals surface area contributed by atoms with Gasteiger partial charge in [-0.1, -0.05) is 24.6 Å². The molecule has 1 aliphatic carbocycles. The lowest BCUT2D eigenvalue weighted by Gasteiger charge is -2.36. The Balaban J connectivity index is 1.78. The molecule has 0 spiro atoms. The highest BCUT2D eigenvalue weighted by Crippen LogP contribution is 2.25. The van der Waals surface area contributed by atoms with Crippen molar-refractivity contribution < 1.29 is 5.11 Å². The Morgan fingerprint density at radius 2 is 2.05 bits per heavy atom. The molecule has 0 saturated heterocycles. The van der Waals surface area contributed by atoms with Crippen LogP contribution in [0, 0.1) is 0 Å². The molecular formula is C14H19N5O. The lowest BCUT2D eigenvalue weighted by atomic mass is 9.91. The third kappa shape index (κ3) is 2.71. The fraction of sp³-hybridized carbons (Fsp3) is 0.500. The van der Waals surface area contributed by atoms with Gasteiger partial charge < -0.3 is 5.11 Å². The number of aliphatic hydroxyl groups excluding tert-OH is 1. The molecule has 1 N–H and O–H groups in total. The minimum atomic E-state index is 0.170. The summed E-state index contributed by atoms with van der Waals surface area (Å²) in [4.78, 5) is 2.27. The van der Waals surface area contributed by atoms with Crippen molar-refractivity contribution in [1.29, 1.82) is 0 Å². The van der Waals surface area contributed by atoms with Gasteiger partial charge in [0.2, 0.25) is 0 Å². The van der Waals surface area contributed by atoms with Crippen molar-refractivity contribution in [2.75, 3.05) is 13.2 Å². The average Bonchev–Trinajstić information content (AvgIpc) is 2.86. The summed E-state index contributed by atoms with van der Waals surface area (Å²) in [5.74, 6) is 0.816. The molecule has 2 aromatic rings. The van der Waals surface area contributed by atoms with Crippen LogP contribution >= 0.6 is 0 Å². The SMILES string of the molecule is OCCN(Cc1nnnn1-c1ccccc1)C1CCC1. The molecule has 0 atom stereocenters. The van der Waals surface area contributed by atoms with E-state index in [-0.39, 0.29) is 6.61 Å². The number of tetrazole rings is 1. The Morgan fingerprint density at radius 3 is 2.70 bits per heavy atom. The molecule has 1 aliphatic rings. The summed E-state index contributed by atoms with van der Waals surface area (Å²) in [6, 6.07) is 10.4. The molecule has 1 saturated carbocycles. The first-order valence-electron chi connectivity index (χ1n) is 7.06. The van der Waals surface area contributed by atoms with Gasteiger partial charge in [-0.2, -0.15) is 4.68 Å². The number of aliphatic hydroxyl groups is 1. The van der Waals surface area contributed by atoms with E-state index in [0.29, 0.717) is 19.1 Å². The van der Waals surface area contributed by atoms with Crippen LogP contribution in [0.25, 0.3) is 5.69 Å². The van der Waals surface area contributed by atoms with Crippen LogP contribution in [0.5, 0.6) is 0 Å². The summed E-state index contributed by atoms with van der Waals surface area (Å²) in [6.07, 6.45) is 3.68. The Kier molecular flexibility index (Phi) is 4.03. The predicted octanol–water partition coefficient (Wildman–Crippen LogP) is 1.01. The molecule has 106 valence electrons. The van der Waals surface area contributed by atoms with Gasteiger partial charge in [0.05, 0.1) is 18.8 Å². The Morgan fingerprint density at radius 1 is 1.25 bits per heavy atom. The van der Waals surface area contributed by atoms with Gasteiger partial charge in [-0.25, -0.2) is 0 Å². The largest absolute Gasteiger partial charge is 0.395 e. The number of para-hydroxylation sites is 1. The number of rotatable bonds is 6. The summed E-state index contributed by atoms with van der Waals surface area (Å²) in [5.41, 5.74) is 0.963. The maximum Gasteiger partial charge on any atom is 0.170 e. The lowest BCUT2D eigenvalue weighted by Crippen LogP contribution is -2.41. The van der Waals surface area contributed by atoms with E-state index in [4.69, 9.17) is 0 Å². The summed E-state index contributed by atoms with van der Waals surface area (Å²) >= 11 is 0. The zero-order valence-electron chi connectivity index (χ0n) is 11.4. The Bertz CT molecular complexity index is 538. The number of aromatic nitrogens is 4. The van der Waals surface area contributed by atoms with Crippen LogP contribution < -0.4 is 0 Å². The Hall–Kier alpha value is -1.79. The van der Waals surface area contributed by atoms with E-state index < -0.39 is 0 Å². The molecule has 3 rings (SSSR count). The van der Waals surface area contributed by atoms with E-state index in [2.05, 4.69) is 20.4 Å². The maximum absolute atomic E-state index is 9.22. The van der Waals surface area contributed by atoms with E-state index >= 15 is 0 Å². The lowest BCUT2D eigenvalue weighted by molar-refractivity contribution is 0.0913. The fourth-order valence-electron chi connectivity index (χ4n) is 2.53. The quantitative estimate of drug-likeness (QED) is 0.850. The normalized spacial score (nSPS) is 15.5. The number of hydrogen-bond donors (Lipinski definition) is 1. The van der Waals surface area contributed by atoms with Crippen molar-refractivity contribution in [2.24, 2.45) is 0 Å². The Labute approximate surface area is 118 Å². The van der Waals surface area contributed by atoms with Gasteiger partial charge in [0.1, 0.15) is 0 Å². The van der Waals surface area contributed by atoms with Gasteiger partial charge in [-0.15, -0.1) is 5.10 Å². The van der Waals surface area contributed by atoms with E-state index in [0.717, 1.165) is 11.5 Å². The van der Waals surface area contributed by atoms with Gasteiger partial charge in [0.25, 0.3) is 0 Å². The molecule has 0 aliphatic heterocycles. The smallest absolute Gasteiger partial charge is 0.170 e. The molecule has 1 aromatic heterocycles. The van der Waals surface area contributed by atoms with Crippen molar-refractivity contribution in [2.45, 2.75) is 31.8 Å². The van der Waals surface area contributed by atoms with Crippen molar-refractivity contribution in [3.63, 3.8) is 0 Å². The first-order valence-corrected chi connectivity index (χ1v) is 7.06. The minimum absolute atomic E-state index is 0.170. The molecule has 1 aromatic carbocycles. The van der Waals surface area contributed by atoms with Crippen LogP contribution in [0.1, 0.15) is 25.1 Å². The van der Waals surface area contributed by atoms with Gasteiger partial charge in [-0.05, 0) is 35.4 Å². The molecule has 1 heterocycles. The zero-order chi connectivity index (χ0) is 13.8. The predicted molar refractivity (Wildman–Crippen MR) is 74.3 cm³/mol. The third-order valence-electron chi connectivity index (χ3n) is 3.86. The average molecular weight is 273 g/mol. The first kappa shape index (κ1) is 13.2. The van der Waals surface area contributed by atoms with Crippen molar-refractivity contribution in [3.8, 4) is 5.69 Å². The topological polar surface area (TPSA) is 67.1 Å². The molecule has 0 bridgehead atoms. The van der Waals surface area contributed by atoms with Gasteiger partial charge in [0.15, 0.2) is 5.82 Å². The summed E-state index contributed by atoms with van der Waals surface area (Å²) in [5, 5.41) is 21.2. The second-order valence-electron chi connectivity index (χ2n) is 5.12. The first-order chi connectivity index (χ1) is 9.88. The van der Waals surface area contributed by atoms with Crippen molar-refractivity contribution in [1.82, 2.24) is 25.1 Å². The summed E-state index contributed by atoms with van der Waals surface area (Å²) in [7, 11) is 0. The van der Waals surface area contributed by atoms with Crippen LogP contribution in [0.15, 0.2) is 30.3 Å². The highest BCUT2D eigenvalue weighted by Gasteiger charge is 2.26. The molecule has 0 amide bonds. The van der Waals surface area contributed by atoms with Gasteiger partial charge in [-0.3, -0.25) is 4.90 Å². The number of nitrogens with zero attached hydrogens (tertiary/aromatic N) is 5. The highest BCUT2D eigenvalue weighted by molar-refractivity contribution is 5.30. The van der Waals surface area contributed by atoms with Crippen LogP contribution in [0.3, 0.4) is 0 Å². The van der Waals surface area contributed by atoms with E-state index in [1.54, 1.807) is 4.68 Å². The fourth-order valence-corrected chi connectivity index (χ4v) is 2.53. The van der Waals surface area contributed by atoms with Gasteiger partial charge >= 0.3 is 0 Å². The monoisotopic (exact) mass is 273 g/mol. The molecule has 20 heavy (non-hydrogen) atoms. The number of hydrogen-bond acceptors (Lipinski definition) is 5. The summed E-state index contributed by atoms with van der Waals surface area (Å²) in [6.45, 7) is 1.52. The molecule has 0 unspecified atom stereocenters. The maximum atomic E-state index is 9.22. The second kappa shape index (κ2) is 6.11. The van der Waals surface area contributed by atoms with Crippen LogP contribution in [0.4, 0.5) is 0 Å². The van der Waals surface area contributed by atoms with E-state index in [1.165, 1.54) is 19.3 Å². The minimum Gasteiger partial charge on any atom is -0.395 e. The van der Waals surface area contributed by atoms with E-state index in [9.17, 15) is 5.11 Å². The standard InChI is InChI=1S/C14H19N5O/c20-10-9-18(12-7-4-8-12)11-14-15-16-17-19(14)13-5-2-1-3-6-13/h1-3,5-6,12,20H,4,7-11H2. The second-order valence-corrected chi connectivity index (χ2v) is 5.12. The molecule has 6 heteroatoms. The van der Waals surface area contributed by atoms with Crippen LogP contribution in [-0.2, 0) is 6.54 Å². The number of benzene rings is 1. The van der Waals surface area contributed by atoms with Crippen LogP contribution in [0.2, 0.25) is 0 Å². The van der Waals surface area contributed by atoms with E-state index in [1.807, 2.05) is 30.3 Å². The summed E-state index contributed by atoms with van der Waals surface area (Å²) < 4.78 is 1.77. The third-order valence-corrected chi connectivity index (χ3v) is 3.86. The van der Waals surface area contributed by atoms with Crippen LogP contribution in [-0.4, -0.2) is 49.4 Å². The van der Waals surface area contributed by atoms with Gasteiger partial charge in [0, 0.05) is 12.6 Å². The van der Waals surface area contributed by atoms with Crippen molar-refractivity contribution in [3.05, 3.63) is 36.2 Å². The molecule has 1 fully saturated rings. The molecular weight excluding hydrogens is 254 g/mol. The molecule has 0 radical (unpaired) electrons. The molecule has 6 nitrogen and oxygen atoms in total. The zero-order valence-corrected chi connectivity index (χ0v) is 11.4. The highest BCUT2D eigenvalue weighted by atomic mass is 16.3.